The minimum atomic E-state index is -2.12. The molecule has 0 aromatic rings. The molecular formula is C19H27BrO4. The second kappa shape index (κ2) is 4.85. The number of ether oxygens (including phenoxy) is 1. The fraction of sp³-hybridized carbons (Fsp3) is 0.947. The number of aliphatic hydroxyl groups excluding tert-OH is 1. The van der Waals surface area contributed by atoms with Crippen LogP contribution in [0.25, 0.3) is 0 Å². The summed E-state index contributed by atoms with van der Waals surface area (Å²) in [6.07, 6.45) is -1.77. The van der Waals surface area contributed by atoms with E-state index in [9.17, 15) is 15.0 Å². The van der Waals surface area contributed by atoms with E-state index >= 15 is 0 Å². The molecule has 0 amide bonds. The maximum absolute atomic E-state index is 12.8. The summed E-state index contributed by atoms with van der Waals surface area (Å²) in [4.78, 5) is 12.8. The number of rotatable bonds is 0. The van der Waals surface area contributed by atoms with Crippen molar-refractivity contribution in [2.45, 2.75) is 74.4 Å². The average Bonchev–Trinajstić information content (AvgIpc) is 2.92. The van der Waals surface area contributed by atoms with Crippen LogP contribution in [0.4, 0.5) is 0 Å². The number of hydrogen-bond acceptors (Lipinski definition) is 4. The first kappa shape index (κ1) is 13.2. The highest BCUT2D eigenvalue weighted by atomic mass is 79.9. The van der Waals surface area contributed by atoms with Crippen LogP contribution < -0.4 is 0 Å². The van der Waals surface area contributed by atoms with E-state index in [1.807, 2.05) is 6.92 Å². The predicted molar refractivity (Wildman–Crippen MR) is 91.7 cm³/mol. The van der Waals surface area contributed by atoms with Gasteiger partial charge < -0.3 is 14.9 Å². The first-order valence-electron chi connectivity index (χ1n) is 10.7. The normalized spacial score (nSPS) is 69.1. The van der Waals surface area contributed by atoms with Crippen LogP contribution in [0.15, 0.2) is 0 Å². The van der Waals surface area contributed by atoms with E-state index in [0.717, 1.165) is 6.42 Å². The third-order valence-corrected chi connectivity index (χ3v) is 9.64. The lowest BCUT2D eigenvalue weighted by atomic mass is 9.45. The zero-order chi connectivity index (χ0) is 19.6. The lowest BCUT2D eigenvalue weighted by Crippen LogP contribution is -2.63. The molecular weight excluding hydrogens is 372 g/mol. The van der Waals surface area contributed by atoms with Crippen LogP contribution in [0.3, 0.4) is 0 Å². The third kappa shape index (κ3) is 1.69. The van der Waals surface area contributed by atoms with Crippen LogP contribution in [0.1, 0.15) is 55.9 Å². The summed E-state index contributed by atoms with van der Waals surface area (Å²) in [5.74, 6) is -1.22. The average molecular weight is 402 g/mol. The smallest absolute Gasteiger partial charge is 0.167 e. The molecule has 1 aliphatic heterocycles. The number of carbonyl (C=O) groups excluding carboxylic acids is 1. The van der Waals surface area contributed by atoms with Gasteiger partial charge >= 0.3 is 0 Å². The summed E-state index contributed by atoms with van der Waals surface area (Å²) in [6.45, 7) is 2.29. The molecule has 0 aromatic carbocycles. The van der Waals surface area contributed by atoms with Crippen LogP contribution >= 0.6 is 15.9 Å². The minimum Gasteiger partial charge on any atom is -0.393 e. The van der Waals surface area contributed by atoms with Gasteiger partial charge in [-0.25, -0.2) is 0 Å². The van der Waals surface area contributed by atoms with Gasteiger partial charge in [0.1, 0.15) is 6.08 Å². The Morgan fingerprint density at radius 1 is 1.33 bits per heavy atom. The zero-order valence-corrected chi connectivity index (χ0v) is 15.5. The molecule has 5 fully saturated rings. The van der Waals surface area contributed by atoms with Crippen molar-refractivity contribution in [2.24, 2.45) is 28.6 Å². The number of hydrogen-bond donors (Lipinski definition) is 2. The molecule has 0 unspecified atom stereocenters. The first-order chi connectivity index (χ1) is 12.4. The number of alkyl halides is 1. The third-order valence-electron chi connectivity index (χ3n) is 8.11. The second-order valence-electron chi connectivity index (χ2n) is 8.95. The van der Waals surface area contributed by atoms with Gasteiger partial charge in [-0.2, -0.15) is 0 Å². The van der Waals surface area contributed by atoms with Crippen molar-refractivity contribution in [3.05, 3.63) is 0 Å². The van der Waals surface area contributed by atoms with Crippen LogP contribution in [-0.4, -0.2) is 45.2 Å². The highest BCUT2D eigenvalue weighted by molar-refractivity contribution is 9.10. The van der Waals surface area contributed by atoms with Crippen molar-refractivity contribution in [1.82, 2.24) is 0 Å². The zero-order valence-electron chi connectivity index (χ0n) is 16.9. The number of carbonyl (C=O) groups is 1. The van der Waals surface area contributed by atoms with Gasteiger partial charge in [0, 0.05) is 13.6 Å². The van der Waals surface area contributed by atoms with E-state index in [-0.39, 0.29) is 23.7 Å². The second-order valence-corrected chi connectivity index (χ2v) is 10.4. The van der Waals surface area contributed by atoms with E-state index in [0.29, 0.717) is 32.3 Å². The van der Waals surface area contributed by atoms with E-state index in [1.165, 1.54) is 0 Å². The van der Waals surface area contributed by atoms with Gasteiger partial charge in [0.05, 0.1) is 24.5 Å². The van der Waals surface area contributed by atoms with Crippen molar-refractivity contribution in [3.63, 3.8) is 0 Å². The molecule has 1 saturated heterocycles. The van der Waals surface area contributed by atoms with Crippen molar-refractivity contribution >= 4 is 21.7 Å². The maximum Gasteiger partial charge on any atom is 0.167 e. The van der Waals surface area contributed by atoms with E-state index < -0.39 is 46.1 Å². The fourth-order valence-corrected chi connectivity index (χ4v) is 8.02. The Morgan fingerprint density at radius 2 is 2.12 bits per heavy atom. The monoisotopic (exact) mass is 401 g/mol. The molecule has 1 heterocycles. The van der Waals surface area contributed by atoms with Gasteiger partial charge in [0.25, 0.3) is 0 Å². The Morgan fingerprint density at radius 3 is 2.92 bits per heavy atom. The first-order valence-corrected chi connectivity index (χ1v) is 9.95. The van der Waals surface area contributed by atoms with Crippen molar-refractivity contribution in [3.8, 4) is 0 Å². The van der Waals surface area contributed by atoms with Crippen LogP contribution in [0.2, 0.25) is 0 Å². The lowest BCUT2D eigenvalue weighted by Gasteiger charge is -2.61. The van der Waals surface area contributed by atoms with Crippen molar-refractivity contribution in [2.75, 3.05) is 6.61 Å². The van der Waals surface area contributed by atoms with Gasteiger partial charge in [-0.05, 0) is 62.7 Å². The molecule has 9 atom stereocenters. The van der Waals surface area contributed by atoms with Gasteiger partial charge in [0.15, 0.2) is 5.78 Å². The Bertz CT molecular complexity index is 717. The van der Waals surface area contributed by atoms with Gasteiger partial charge in [-0.1, -0.05) is 22.9 Å². The van der Waals surface area contributed by atoms with Crippen molar-refractivity contribution < 1.29 is 23.9 Å². The van der Waals surface area contributed by atoms with E-state index in [4.69, 9.17) is 8.85 Å². The van der Waals surface area contributed by atoms with Crippen LogP contribution in [-0.2, 0) is 9.53 Å². The molecule has 5 heteroatoms. The summed E-state index contributed by atoms with van der Waals surface area (Å²) in [6, 6.07) is 0. The molecule has 5 aliphatic rings. The van der Waals surface area contributed by atoms with E-state index in [1.54, 1.807) is 0 Å². The van der Waals surface area contributed by atoms with Gasteiger partial charge in [-0.3, -0.25) is 4.79 Å². The SMILES string of the molecule is [2H]C1([2H])[C@@H]2[C@H](CC[C@]3(C)C(=O)[C@]([2H])(O)C[C@@H]23)[C@@]23CC[C@H](O)C[C@]2(Br)[C@@H]1OC3. The number of ketones is 1. The molecule has 5 rings (SSSR count). The topological polar surface area (TPSA) is 66.8 Å². The summed E-state index contributed by atoms with van der Waals surface area (Å²) >= 11 is 3.88. The largest absolute Gasteiger partial charge is 0.393 e. The highest BCUT2D eigenvalue weighted by Crippen LogP contribution is 2.71. The summed E-state index contributed by atoms with van der Waals surface area (Å²) < 4.78 is 31.7. The Balaban J connectivity index is 1.65. The highest BCUT2D eigenvalue weighted by Gasteiger charge is 2.72. The molecule has 2 N–H and O–H groups in total. The summed E-state index contributed by atoms with van der Waals surface area (Å²) in [5, 5.41) is 20.7. The molecule has 4 aliphatic carbocycles. The summed E-state index contributed by atoms with van der Waals surface area (Å²) in [7, 11) is 0. The predicted octanol–water partition coefficient (Wildman–Crippen LogP) is 2.44. The number of halogens is 1. The molecule has 4 nitrogen and oxygen atoms in total. The fourth-order valence-electron chi connectivity index (χ4n) is 6.77. The number of fused-ring (bicyclic) bond motifs is 3. The Labute approximate surface area is 155 Å². The van der Waals surface area contributed by atoms with Crippen molar-refractivity contribution in [1.29, 1.82) is 0 Å². The summed E-state index contributed by atoms with van der Waals surface area (Å²) in [5.41, 5.74) is -1.11. The maximum atomic E-state index is 12.8. The minimum absolute atomic E-state index is 0.00369. The van der Waals surface area contributed by atoms with Crippen LogP contribution in [0, 0.1) is 28.6 Å². The number of aliphatic hydroxyl groups is 2. The van der Waals surface area contributed by atoms with E-state index in [2.05, 4.69) is 15.9 Å². The standard InChI is InChI=1S/C19H27BrO4/c1-17-4-3-12-11(13(17)7-14(22)16(17)23)6-15-19(20)8-10(21)2-5-18(12,19)9-24-15/h10-15,21-22H,2-9H2,1H3/t10-,11+,12-,13-,14+,15+,17-,18-,19-/m0/s1/i6D2,14D. The van der Waals surface area contributed by atoms with Gasteiger partial charge in [0.2, 0.25) is 0 Å². The molecule has 24 heavy (non-hydrogen) atoms. The Kier molecular flexibility index (Phi) is 2.67. The van der Waals surface area contributed by atoms with Gasteiger partial charge in [-0.15, -0.1) is 0 Å². The molecule has 0 aromatic heterocycles. The molecule has 0 radical (unpaired) electrons. The molecule has 134 valence electrons. The lowest BCUT2D eigenvalue weighted by molar-refractivity contribution is -0.140. The molecule has 0 spiro atoms. The Hall–Kier alpha value is 0.0300. The molecule has 4 saturated carbocycles. The quantitative estimate of drug-likeness (QED) is 0.611. The molecule has 2 bridgehead atoms. The van der Waals surface area contributed by atoms with Crippen LogP contribution in [0.5, 0.6) is 0 Å². The number of Topliss-reactive ketones (excluding diaryl/α,β-unsaturated/α-hetero) is 1.